The van der Waals surface area contributed by atoms with E-state index >= 15 is 0 Å². The molecule has 0 spiro atoms. The van der Waals surface area contributed by atoms with Crippen molar-refractivity contribution in [2.75, 3.05) is 13.1 Å². The maximum atomic E-state index is 12.2. The lowest BCUT2D eigenvalue weighted by Crippen LogP contribution is -2.36. The zero-order chi connectivity index (χ0) is 12.3. The van der Waals surface area contributed by atoms with Crippen LogP contribution in [0.5, 0.6) is 0 Å². The molecule has 0 aliphatic carbocycles. The maximum Gasteiger partial charge on any atom is 0.260 e. The smallest absolute Gasteiger partial charge is 0.260 e. The van der Waals surface area contributed by atoms with Gasteiger partial charge in [0.05, 0.1) is 0 Å². The van der Waals surface area contributed by atoms with Gasteiger partial charge in [0.2, 0.25) is 0 Å². The number of hydrogen-bond donors (Lipinski definition) is 1. The Bertz CT molecular complexity index is 464. The summed E-state index contributed by atoms with van der Waals surface area (Å²) in [5.41, 5.74) is 6.29. The summed E-state index contributed by atoms with van der Waals surface area (Å²) in [6.45, 7) is 1.57. The highest BCUT2D eigenvalue weighted by molar-refractivity contribution is 7.89. The van der Waals surface area contributed by atoms with E-state index in [-0.39, 0.29) is 5.03 Å². The predicted octanol–water partition coefficient (Wildman–Crippen LogP) is 0.715. The van der Waals surface area contributed by atoms with Crippen LogP contribution in [-0.4, -0.2) is 30.8 Å². The Morgan fingerprint density at radius 1 is 1.24 bits per heavy atom. The lowest BCUT2D eigenvalue weighted by atomic mass is 10.2. The van der Waals surface area contributed by atoms with Gasteiger partial charge in [-0.25, -0.2) is 13.4 Å². The molecule has 1 saturated heterocycles. The Morgan fingerprint density at radius 2 is 1.94 bits per heavy atom. The Morgan fingerprint density at radius 3 is 2.47 bits per heavy atom. The summed E-state index contributed by atoms with van der Waals surface area (Å²) in [6, 6.07) is 3.25. The standard InChI is InChI=1S/C11H17N3O2S/c12-8-10-4-5-11(13-9-10)17(15,16)14-6-2-1-3-7-14/h4-5,9H,1-3,6-8,12H2. The van der Waals surface area contributed by atoms with Gasteiger partial charge in [-0.1, -0.05) is 12.5 Å². The molecule has 1 aliphatic rings. The maximum absolute atomic E-state index is 12.2. The molecular formula is C11H17N3O2S. The molecule has 0 radical (unpaired) electrons. The highest BCUT2D eigenvalue weighted by atomic mass is 32.2. The van der Waals surface area contributed by atoms with Crippen molar-refractivity contribution in [3.63, 3.8) is 0 Å². The highest BCUT2D eigenvalue weighted by Gasteiger charge is 2.26. The summed E-state index contributed by atoms with van der Waals surface area (Å²) in [5.74, 6) is 0. The van der Waals surface area contributed by atoms with Gasteiger partial charge >= 0.3 is 0 Å². The monoisotopic (exact) mass is 255 g/mol. The first-order chi connectivity index (χ1) is 8.14. The van der Waals surface area contributed by atoms with Gasteiger partial charge in [0, 0.05) is 25.8 Å². The minimum atomic E-state index is -3.41. The van der Waals surface area contributed by atoms with Crippen LogP contribution in [0, 0.1) is 0 Å². The zero-order valence-corrected chi connectivity index (χ0v) is 10.5. The van der Waals surface area contributed by atoms with Crippen molar-refractivity contribution in [3.8, 4) is 0 Å². The van der Waals surface area contributed by atoms with Crippen LogP contribution in [0.1, 0.15) is 24.8 Å². The van der Waals surface area contributed by atoms with Crippen molar-refractivity contribution >= 4 is 10.0 Å². The fourth-order valence-electron chi connectivity index (χ4n) is 1.92. The van der Waals surface area contributed by atoms with Crippen molar-refractivity contribution in [3.05, 3.63) is 23.9 Å². The van der Waals surface area contributed by atoms with Gasteiger partial charge in [0.15, 0.2) is 5.03 Å². The zero-order valence-electron chi connectivity index (χ0n) is 9.67. The number of rotatable bonds is 3. The minimum Gasteiger partial charge on any atom is -0.326 e. The minimum absolute atomic E-state index is 0.122. The molecule has 2 heterocycles. The first-order valence-corrected chi connectivity index (χ1v) is 7.24. The molecule has 6 heteroatoms. The van der Waals surface area contributed by atoms with Gasteiger partial charge < -0.3 is 5.73 Å². The first kappa shape index (κ1) is 12.5. The van der Waals surface area contributed by atoms with E-state index in [1.165, 1.54) is 16.6 Å². The average Bonchev–Trinajstić information content (AvgIpc) is 2.40. The highest BCUT2D eigenvalue weighted by Crippen LogP contribution is 2.18. The van der Waals surface area contributed by atoms with Crippen molar-refractivity contribution < 1.29 is 8.42 Å². The third-order valence-electron chi connectivity index (χ3n) is 2.95. The number of nitrogens with two attached hydrogens (primary N) is 1. The lowest BCUT2D eigenvalue weighted by molar-refractivity contribution is 0.345. The van der Waals surface area contributed by atoms with Gasteiger partial charge in [-0.2, -0.15) is 4.31 Å². The Balaban J connectivity index is 2.23. The molecule has 2 N–H and O–H groups in total. The van der Waals surface area contributed by atoms with Crippen molar-refractivity contribution in [1.29, 1.82) is 0 Å². The van der Waals surface area contributed by atoms with Crippen LogP contribution < -0.4 is 5.73 Å². The van der Waals surface area contributed by atoms with Crippen LogP contribution >= 0.6 is 0 Å². The Kier molecular flexibility index (Phi) is 3.76. The number of aromatic nitrogens is 1. The number of sulfonamides is 1. The Labute approximate surface area is 102 Å². The molecular weight excluding hydrogens is 238 g/mol. The molecule has 1 fully saturated rings. The SMILES string of the molecule is NCc1ccc(S(=O)(=O)N2CCCCC2)nc1. The number of nitrogens with zero attached hydrogens (tertiary/aromatic N) is 2. The van der Waals surface area contributed by atoms with Gasteiger partial charge in [-0.05, 0) is 24.5 Å². The van der Waals surface area contributed by atoms with E-state index in [2.05, 4.69) is 4.98 Å². The second-order valence-electron chi connectivity index (χ2n) is 4.17. The van der Waals surface area contributed by atoms with E-state index in [1.54, 1.807) is 6.07 Å². The number of pyridine rings is 1. The van der Waals surface area contributed by atoms with Crippen LogP contribution in [0.15, 0.2) is 23.4 Å². The second-order valence-corrected chi connectivity index (χ2v) is 6.06. The molecule has 94 valence electrons. The number of piperidine rings is 1. The molecule has 2 rings (SSSR count). The van der Waals surface area contributed by atoms with Gasteiger partial charge in [-0.15, -0.1) is 0 Å². The number of hydrogen-bond acceptors (Lipinski definition) is 4. The summed E-state index contributed by atoms with van der Waals surface area (Å²) in [5, 5.41) is 0.122. The molecule has 0 atom stereocenters. The molecule has 1 aliphatic heterocycles. The molecule has 0 bridgehead atoms. The van der Waals surface area contributed by atoms with Gasteiger partial charge in [-0.3, -0.25) is 0 Å². The van der Waals surface area contributed by atoms with Crippen LogP contribution in [0.25, 0.3) is 0 Å². The van der Waals surface area contributed by atoms with Crippen LogP contribution in [0.3, 0.4) is 0 Å². The van der Waals surface area contributed by atoms with Crippen molar-refractivity contribution in [2.45, 2.75) is 30.8 Å². The second kappa shape index (κ2) is 5.12. The van der Waals surface area contributed by atoms with Crippen LogP contribution in [0.2, 0.25) is 0 Å². The van der Waals surface area contributed by atoms with E-state index < -0.39 is 10.0 Å². The molecule has 0 aromatic carbocycles. The fourth-order valence-corrected chi connectivity index (χ4v) is 3.35. The summed E-state index contributed by atoms with van der Waals surface area (Å²) in [4.78, 5) is 3.99. The van der Waals surface area contributed by atoms with E-state index in [1.807, 2.05) is 0 Å². The summed E-state index contributed by atoms with van der Waals surface area (Å²) in [6.07, 6.45) is 4.49. The molecule has 0 amide bonds. The molecule has 1 aromatic heterocycles. The van der Waals surface area contributed by atoms with Gasteiger partial charge in [0.25, 0.3) is 10.0 Å². The van der Waals surface area contributed by atoms with Crippen LogP contribution in [0.4, 0.5) is 0 Å². The summed E-state index contributed by atoms with van der Waals surface area (Å²) < 4.78 is 26.0. The largest absolute Gasteiger partial charge is 0.326 e. The molecule has 1 aromatic rings. The Hall–Kier alpha value is -0.980. The van der Waals surface area contributed by atoms with E-state index in [9.17, 15) is 8.42 Å². The molecule has 17 heavy (non-hydrogen) atoms. The fraction of sp³-hybridized carbons (Fsp3) is 0.545. The molecule has 0 saturated carbocycles. The summed E-state index contributed by atoms with van der Waals surface area (Å²) in [7, 11) is -3.41. The molecule has 0 unspecified atom stereocenters. The van der Waals surface area contributed by atoms with Gasteiger partial charge in [0.1, 0.15) is 0 Å². The van der Waals surface area contributed by atoms with E-state index in [0.29, 0.717) is 19.6 Å². The lowest BCUT2D eigenvalue weighted by Gasteiger charge is -2.25. The third-order valence-corrected chi connectivity index (χ3v) is 4.77. The molecule has 5 nitrogen and oxygen atoms in total. The average molecular weight is 255 g/mol. The quantitative estimate of drug-likeness (QED) is 0.863. The van der Waals surface area contributed by atoms with Crippen molar-refractivity contribution in [2.24, 2.45) is 5.73 Å². The third kappa shape index (κ3) is 2.65. The summed E-state index contributed by atoms with van der Waals surface area (Å²) >= 11 is 0. The first-order valence-electron chi connectivity index (χ1n) is 5.80. The van der Waals surface area contributed by atoms with E-state index in [4.69, 9.17) is 5.73 Å². The topological polar surface area (TPSA) is 76.3 Å². The van der Waals surface area contributed by atoms with E-state index in [0.717, 1.165) is 24.8 Å². The predicted molar refractivity (Wildman–Crippen MR) is 64.7 cm³/mol. The van der Waals surface area contributed by atoms with Crippen LogP contribution in [-0.2, 0) is 16.6 Å². The normalized spacial score (nSPS) is 18.2. The van der Waals surface area contributed by atoms with Crippen molar-refractivity contribution in [1.82, 2.24) is 9.29 Å².